The number of alkyl halides is 3. The molecule has 1 amide bonds. The summed E-state index contributed by atoms with van der Waals surface area (Å²) in [4.78, 5) is 13.7. The minimum Gasteiger partial charge on any atom is -0.444 e. The molecule has 2 aliphatic heterocycles. The van der Waals surface area contributed by atoms with Gasteiger partial charge in [-0.1, -0.05) is 0 Å². The van der Waals surface area contributed by atoms with E-state index in [0.29, 0.717) is 35.6 Å². The van der Waals surface area contributed by atoms with Crippen molar-refractivity contribution in [1.82, 2.24) is 4.90 Å². The Hall–Kier alpha value is -1.32. The second-order valence-electron chi connectivity index (χ2n) is 8.19. The molecule has 152 valence electrons. The number of amides is 1. The van der Waals surface area contributed by atoms with E-state index in [4.69, 9.17) is 9.47 Å². The van der Waals surface area contributed by atoms with Gasteiger partial charge in [0.25, 0.3) is 0 Å². The van der Waals surface area contributed by atoms with Gasteiger partial charge in [-0.05, 0) is 40.2 Å². The van der Waals surface area contributed by atoms with E-state index in [2.05, 4.69) is 0 Å². The van der Waals surface area contributed by atoms with Crippen molar-refractivity contribution in [3.63, 3.8) is 0 Å². The van der Waals surface area contributed by atoms with Gasteiger partial charge in [0.05, 0.1) is 6.61 Å². The summed E-state index contributed by atoms with van der Waals surface area (Å²) in [7, 11) is 0. The highest BCUT2D eigenvalue weighted by Gasteiger charge is 2.49. The van der Waals surface area contributed by atoms with E-state index in [9.17, 15) is 23.1 Å². The fourth-order valence-electron chi connectivity index (χ4n) is 3.68. The Morgan fingerprint density at radius 1 is 1.41 bits per heavy atom. The minimum absolute atomic E-state index is 0.0554. The van der Waals surface area contributed by atoms with Crippen LogP contribution < -0.4 is 0 Å². The number of likely N-dealkylation sites (tertiary alicyclic amines) is 1. The lowest BCUT2D eigenvalue weighted by atomic mass is 9.81. The van der Waals surface area contributed by atoms with Crippen molar-refractivity contribution in [1.29, 1.82) is 0 Å². The number of thiophene rings is 1. The number of aliphatic hydroxyl groups excluding tert-OH is 1. The molecule has 1 N–H and O–H groups in total. The van der Waals surface area contributed by atoms with Crippen LogP contribution in [0.3, 0.4) is 0 Å². The molecule has 3 rings (SSSR count). The van der Waals surface area contributed by atoms with Crippen LogP contribution in [0, 0.1) is 0 Å². The van der Waals surface area contributed by atoms with Crippen LogP contribution in [-0.4, -0.2) is 40.9 Å². The van der Waals surface area contributed by atoms with Crippen LogP contribution in [0.5, 0.6) is 0 Å². The van der Waals surface area contributed by atoms with E-state index in [0.717, 1.165) is 6.07 Å². The van der Waals surface area contributed by atoms with Crippen LogP contribution in [0.25, 0.3) is 0 Å². The Morgan fingerprint density at radius 3 is 2.63 bits per heavy atom. The second kappa shape index (κ2) is 6.63. The van der Waals surface area contributed by atoms with Crippen molar-refractivity contribution in [2.24, 2.45) is 0 Å². The summed E-state index contributed by atoms with van der Waals surface area (Å²) in [6.45, 7) is 7.43. The van der Waals surface area contributed by atoms with Gasteiger partial charge < -0.3 is 19.5 Å². The molecule has 0 bridgehead atoms. The number of hydrogen-bond acceptors (Lipinski definition) is 5. The average molecular weight is 407 g/mol. The van der Waals surface area contributed by atoms with Gasteiger partial charge in [-0.25, -0.2) is 4.79 Å². The second-order valence-corrected chi connectivity index (χ2v) is 9.24. The molecule has 0 aromatic carbocycles. The fraction of sp³-hybridized carbons (Fsp3) is 0.722. The first-order valence-electron chi connectivity index (χ1n) is 8.85. The summed E-state index contributed by atoms with van der Waals surface area (Å²) in [5.74, 6) is 0. The maximum atomic E-state index is 13.2. The monoisotopic (exact) mass is 407 g/mol. The quantitative estimate of drug-likeness (QED) is 0.691. The summed E-state index contributed by atoms with van der Waals surface area (Å²) in [5, 5.41) is 10.1. The van der Waals surface area contributed by atoms with Gasteiger partial charge >= 0.3 is 12.3 Å². The van der Waals surface area contributed by atoms with E-state index in [1.165, 1.54) is 0 Å². The van der Waals surface area contributed by atoms with Crippen LogP contribution in [0.2, 0.25) is 0 Å². The molecule has 0 saturated carbocycles. The van der Waals surface area contributed by atoms with E-state index >= 15 is 0 Å². The summed E-state index contributed by atoms with van der Waals surface area (Å²) >= 11 is 0.628. The van der Waals surface area contributed by atoms with Gasteiger partial charge in [0.15, 0.2) is 0 Å². The molecule has 5 nitrogen and oxygen atoms in total. The molecule has 1 aromatic heterocycles. The number of carbonyl (C=O) groups is 1. The smallest absolute Gasteiger partial charge is 0.425 e. The van der Waals surface area contributed by atoms with Gasteiger partial charge in [-0.3, -0.25) is 0 Å². The molecule has 0 radical (unpaired) electrons. The van der Waals surface area contributed by atoms with E-state index in [1.54, 1.807) is 25.7 Å². The predicted octanol–water partition coefficient (Wildman–Crippen LogP) is 4.45. The molecule has 1 fully saturated rings. The number of nitrogens with zero attached hydrogens (tertiary/aromatic N) is 1. The van der Waals surface area contributed by atoms with Gasteiger partial charge in [-0.15, -0.1) is 11.3 Å². The molecule has 3 unspecified atom stereocenters. The highest BCUT2D eigenvalue weighted by molar-refractivity contribution is 7.12. The van der Waals surface area contributed by atoms with Gasteiger partial charge in [0.1, 0.15) is 22.2 Å². The number of aliphatic hydroxyl groups is 1. The number of carbonyl (C=O) groups excluding carboxylic acids is 1. The molecular weight excluding hydrogens is 383 g/mol. The predicted molar refractivity (Wildman–Crippen MR) is 93.5 cm³/mol. The third kappa shape index (κ3) is 3.95. The molecule has 0 aliphatic carbocycles. The van der Waals surface area contributed by atoms with Gasteiger partial charge in [-0.2, -0.15) is 13.2 Å². The number of ether oxygens (including phenoxy) is 2. The first-order valence-corrected chi connectivity index (χ1v) is 9.67. The third-order valence-electron chi connectivity index (χ3n) is 4.87. The first-order chi connectivity index (χ1) is 12.3. The average Bonchev–Trinajstić information content (AvgIpc) is 2.97. The minimum atomic E-state index is -4.47. The lowest BCUT2D eigenvalue weighted by Crippen LogP contribution is -2.53. The molecule has 3 atom stereocenters. The van der Waals surface area contributed by atoms with Crippen LogP contribution in [0.15, 0.2) is 6.07 Å². The largest absolute Gasteiger partial charge is 0.444 e. The maximum absolute atomic E-state index is 13.2. The van der Waals surface area contributed by atoms with E-state index < -0.39 is 34.5 Å². The Kier molecular flexibility index (Phi) is 5.01. The van der Waals surface area contributed by atoms with Crippen LogP contribution in [0.4, 0.5) is 18.0 Å². The first kappa shape index (κ1) is 20.4. The molecule has 1 aromatic rings. The van der Waals surface area contributed by atoms with Crippen LogP contribution in [0.1, 0.15) is 62.0 Å². The zero-order valence-corrected chi connectivity index (χ0v) is 16.5. The van der Waals surface area contributed by atoms with E-state index in [1.807, 2.05) is 6.92 Å². The van der Waals surface area contributed by atoms with Crippen LogP contribution in [-0.2, 0) is 21.3 Å². The Labute approximate surface area is 160 Å². The number of hydrogen-bond donors (Lipinski definition) is 1. The summed E-state index contributed by atoms with van der Waals surface area (Å²) in [6, 6.07) is 0.757. The number of fused-ring (bicyclic) bond motifs is 2. The lowest BCUT2D eigenvalue weighted by molar-refractivity contribution is -0.137. The SMILES string of the molecule is CC1CC2(CCN1C(=O)OC(C)(C)C)OCC(O)c1cc(C(F)(F)F)sc12. The summed E-state index contributed by atoms with van der Waals surface area (Å²) in [6.07, 6.45) is -5.27. The number of rotatable bonds is 0. The fourth-order valence-corrected chi connectivity index (χ4v) is 4.95. The number of halogens is 3. The standard InChI is InChI=1S/C18H24F3NO4S/c1-10-8-17(5-6-22(10)15(24)26-16(2,3)4)14-11(12(23)9-25-17)7-13(27-14)18(19,20)21/h7,10,12,23H,5-6,8-9H2,1-4H3. The zero-order chi connectivity index (χ0) is 20.2. The molecule has 27 heavy (non-hydrogen) atoms. The van der Waals surface area contributed by atoms with Crippen molar-refractivity contribution in [2.75, 3.05) is 13.2 Å². The Morgan fingerprint density at radius 2 is 2.07 bits per heavy atom. The van der Waals surface area contributed by atoms with Crippen molar-refractivity contribution in [3.05, 3.63) is 21.4 Å². The molecule has 1 spiro atoms. The van der Waals surface area contributed by atoms with Crippen molar-refractivity contribution in [3.8, 4) is 0 Å². The number of piperidine rings is 1. The lowest BCUT2D eigenvalue weighted by Gasteiger charge is -2.47. The molecule has 1 saturated heterocycles. The molecule has 3 heterocycles. The Balaban J connectivity index is 1.86. The highest BCUT2D eigenvalue weighted by Crippen LogP contribution is 2.51. The third-order valence-corrected chi connectivity index (χ3v) is 6.25. The summed E-state index contributed by atoms with van der Waals surface area (Å²) < 4.78 is 50.8. The topological polar surface area (TPSA) is 59.0 Å². The molecule has 2 aliphatic rings. The van der Waals surface area contributed by atoms with Gasteiger partial charge in [0.2, 0.25) is 0 Å². The van der Waals surface area contributed by atoms with Gasteiger partial charge in [0, 0.05) is 29.4 Å². The zero-order valence-electron chi connectivity index (χ0n) is 15.7. The van der Waals surface area contributed by atoms with E-state index in [-0.39, 0.29) is 18.2 Å². The summed E-state index contributed by atoms with van der Waals surface area (Å²) in [5.41, 5.74) is -1.25. The maximum Gasteiger partial charge on any atom is 0.425 e. The highest BCUT2D eigenvalue weighted by atomic mass is 32.1. The van der Waals surface area contributed by atoms with Crippen molar-refractivity contribution < 1.29 is 32.5 Å². The van der Waals surface area contributed by atoms with Crippen molar-refractivity contribution >= 4 is 17.4 Å². The molecular formula is C18H24F3NO4S. The molecule has 9 heteroatoms. The Bertz CT molecular complexity index is 727. The van der Waals surface area contributed by atoms with Crippen LogP contribution >= 0.6 is 11.3 Å². The van der Waals surface area contributed by atoms with Crippen molar-refractivity contribution in [2.45, 2.75) is 70.1 Å². The normalized spacial score (nSPS) is 29.0.